The van der Waals surface area contributed by atoms with Crippen molar-refractivity contribution in [1.29, 1.82) is 0 Å². The van der Waals surface area contributed by atoms with E-state index in [2.05, 4.69) is 31.4 Å². The lowest BCUT2D eigenvalue weighted by Crippen LogP contribution is -2.34. The Morgan fingerprint density at radius 3 is 2.30 bits per heavy atom. The Morgan fingerprint density at radius 1 is 1.07 bits per heavy atom. The van der Waals surface area contributed by atoms with E-state index in [1.165, 1.54) is 4.90 Å². The summed E-state index contributed by atoms with van der Waals surface area (Å²) in [5.74, 6) is 0.0351. The van der Waals surface area contributed by atoms with Crippen molar-refractivity contribution >= 4 is 34.6 Å². The fourth-order valence-electron chi connectivity index (χ4n) is 3.29. The van der Waals surface area contributed by atoms with E-state index in [9.17, 15) is 14.4 Å². The van der Waals surface area contributed by atoms with Gasteiger partial charge in [0.25, 0.3) is 5.24 Å². The van der Waals surface area contributed by atoms with Gasteiger partial charge in [-0.3, -0.25) is 14.5 Å². The van der Waals surface area contributed by atoms with Gasteiger partial charge in [-0.25, -0.2) is 4.79 Å². The van der Waals surface area contributed by atoms with Crippen molar-refractivity contribution in [3.05, 3.63) is 65.7 Å². The van der Waals surface area contributed by atoms with Gasteiger partial charge >= 0.3 is 6.03 Å². The Balaban J connectivity index is 1.61. The normalized spacial score (nSPS) is 15.2. The van der Waals surface area contributed by atoms with E-state index in [0.717, 1.165) is 29.3 Å². The zero-order chi connectivity index (χ0) is 21.7. The molecule has 1 saturated heterocycles. The van der Waals surface area contributed by atoms with Gasteiger partial charge in [-0.2, -0.15) is 0 Å². The number of rotatable bonds is 6. The average Bonchev–Trinajstić information content (AvgIpc) is 3.00. The molecule has 0 radical (unpaired) electrons. The molecule has 3 rings (SSSR count). The number of benzene rings is 2. The molecular weight excluding hydrogens is 398 g/mol. The van der Waals surface area contributed by atoms with E-state index in [1.807, 2.05) is 42.5 Å². The summed E-state index contributed by atoms with van der Waals surface area (Å²) in [5, 5.41) is 5.72. The number of thioether (sulfide) groups is 1. The van der Waals surface area contributed by atoms with Crippen LogP contribution in [0.5, 0.6) is 0 Å². The molecule has 1 fully saturated rings. The zero-order valence-corrected chi connectivity index (χ0v) is 18.3. The smallest absolute Gasteiger partial charge is 0.319 e. The van der Waals surface area contributed by atoms with Crippen molar-refractivity contribution < 1.29 is 14.4 Å². The highest BCUT2D eigenvalue weighted by Gasteiger charge is 2.29. The topological polar surface area (TPSA) is 78.5 Å². The number of hydrogen-bond acceptors (Lipinski definition) is 4. The number of imide groups is 1. The van der Waals surface area contributed by atoms with Crippen LogP contribution in [0.3, 0.4) is 0 Å². The second-order valence-corrected chi connectivity index (χ2v) is 9.48. The average molecular weight is 426 g/mol. The van der Waals surface area contributed by atoms with Gasteiger partial charge in [-0.1, -0.05) is 75.0 Å². The first-order valence-electron chi connectivity index (χ1n) is 9.90. The third-order valence-electron chi connectivity index (χ3n) is 4.72. The highest BCUT2D eigenvalue weighted by atomic mass is 32.2. The summed E-state index contributed by atoms with van der Waals surface area (Å²) in [5.41, 5.74) is 2.60. The van der Waals surface area contributed by atoms with E-state index < -0.39 is 0 Å². The highest BCUT2D eigenvalue weighted by Crippen LogP contribution is 2.29. The van der Waals surface area contributed by atoms with Crippen molar-refractivity contribution in [3.63, 3.8) is 0 Å². The summed E-state index contributed by atoms with van der Waals surface area (Å²) >= 11 is 1.02. The van der Waals surface area contributed by atoms with Crippen molar-refractivity contribution in [2.24, 2.45) is 5.41 Å². The van der Waals surface area contributed by atoms with Crippen LogP contribution in [-0.2, 0) is 11.3 Å². The van der Waals surface area contributed by atoms with Crippen LogP contribution >= 0.6 is 11.8 Å². The lowest BCUT2D eigenvalue weighted by Gasteiger charge is -2.27. The van der Waals surface area contributed by atoms with Crippen LogP contribution in [0.4, 0.5) is 15.3 Å². The van der Waals surface area contributed by atoms with Gasteiger partial charge in [0, 0.05) is 5.69 Å². The molecule has 0 spiro atoms. The maximum absolute atomic E-state index is 12.6. The molecule has 2 aromatic carbocycles. The summed E-state index contributed by atoms with van der Waals surface area (Å²) in [7, 11) is 0. The largest absolute Gasteiger partial charge is 0.331 e. The Morgan fingerprint density at radius 2 is 1.73 bits per heavy atom. The molecular formula is C23H27N3O3S. The number of hydrogen-bond donors (Lipinski definition) is 2. The number of carbonyl (C=O) groups is 3. The van der Waals surface area contributed by atoms with Gasteiger partial charge in [0.15, 0.2) is 0 Å². The number of amides is 4. The predicted molar refractivity (Wildman–Crippen MR) is 120 cm³/mol. The Bertz CT molecular complexity index is 892. The lowest BCUT2D eigenvalue weighted by atomic mass is 9.85. The monoisotopic (exact) mass is 425 g/mol. The highest BCUT2D eigenvalue weighted by molar-refractivity contribution is 8.14. The molecule has 1 aliphatic rings. The maximum atomic E-state index is 12.6. The van der Waals surface area contributed by atoms with E-state index >= 15 is 0 Å². The van der Waals surface area contributed by atoms with E-state index in [-0.39, 0.29) is 40.9 Å². The second-order valence-electron chi connectivity index (χ2n) is 8.56. The number of urea groups is 1. The molecule has 0 saturated carbocycles. The van der Waals surface area contributed by atoms with Crippen LogP contribution in [0.1, 0.15) is 44.4 Å². The number of anilines is 1. The predicted octanol–water partition coefficient (Wildman–Crippen LogP) is 5.18. The van der Waals surface area contributed by atoms with Crippen LogP contribution in [0.15, 0.2) is 54.6 Å². The summed E-state index contributed by atoms with van der Waals surface area (Å²) in [6.45, 7) is 6.69. The van der Waals surface area contributed by atoms with Crippen LogP contribution in [-0.4, -0.2) is 27.8 Å². The minimum atomic E-state index is -0.276. The molecule has 2 aromatic rings. The van der Waals surface area contributed by atoms with Crippen LogP contribution in [0.25, 0.3) is 0 Å². The van der Waals surface area contributed by atoms with Gasteiger partial charge in [0.2, 0.25) is 5.91 Å². The summed E-state index contributed by atoms with van der Waals surface area (Å²) in [6.07, 6.45) is 0.805. The summed E-state index contributed by atoms with van der Waals surface area (Å²) in [4.78, 5) is 37.3. The molecule has 1 atom stereocenters. The molecule has 1 aliphatic heterocycles. The maximum Gasteiger partial charge on any atom is 0.319 e. The van der Waals surface area contributed by atoms with Crippen molar-refractivity contribution in [1.82, 2.24) is 10.2 Å². The Labute approximate surface area is 181 Å². The molecule has 7 heteroatoms. The SMILES string of the molecule is CC(C)(C)CC(NC(=O)Nc1ccc(CN2C(=O)CSC2=O)cc1)c1ccccc1. The summed E-state index contributed by atoms with van der Waals surface area (Å²) < 4.78 is 0. The van der Waals surface area contributed by atoms with Crippen molar-refractivity contribution in [2.75, 3.05) is 11.1 Å². The number of nitrogens with zero attached hydrogens (tertiary/aromatic N) is 1. The molecule has 4 amide bonds. The molecule has 1 heterocycles. The minimum absolute atomic E-state index is 0.0537. The van der Waals surface area contributed by atoms with E-state index in [0.29, 0.717) is 5.69 Å². The van der Waals surface area contributed by atoms with Crippen LogP contribution in [0.2, 0.25) is 0 Å². The quantitative estimate of drug-likeness (QED) is 0.668. The lowest BCUT2D eigenvalue weighted by molar-refractivity contribution is -0.125. The molecule has 6 nitrogen and oxygen atoms in total. The first-order valence-corrected chi connectivity index (χ1v) is 10.9. The van der Waals surface area contributed by atoms with Crippen molar-refractivity contribution in [2.45, 2.75) is 39.8 Å². The van der Waals surface area contributed by atoms with Crippen molar-refractivity contribution in [3.8, 4) is 0 Å². The molecule has 158 valence electrons. The van der Waals surface area contributed by atoms with Crippen LogP contribution in [0, 0.1) is 5.41 Å². The van der Waals surface area contributed by atoms with Gasteiger partial charge in [-0.05, 0) is 35.1 Å². The third kappa shape index (κ3) is 6.10. The second kappa shape index (κ2) is 9.34. The van der Waals surface area contributed by atoms with E-state index in [4.69, 9.17) is 0 Å². The van der Waals surface area contributed by atoms with Crippen LogP contribution < -0.4 is 10.6 Å². The van der Waals surface area contributed by atoms with Gasteiger partial charge in [0.05, 0.1) is 18.3 Å². The third-order valence-corrected chi connectivity index (χ3v) is 5.58. The summed E-state index contributed by atoms with van der Waals surface area (Å²) in [6, 6.07) is 16.7. The fraction of sp³-hybridized carbons (Fsp3) is 0.348. The molecule has 0 aromatic heterocycles. The molecule has 0 aliphatic carbocycles. The first kappa shape index (κ1) is 21.9. The zero-order valence-electron chi connectivity index (χ0n) is 17.5. The minimum Gasteiger partial charge on any atom is -0.331 e. The molecule has 30 heavy (non-hydrogen) atoms. The molecule has 2 N–H and O–H groups in total. The standard InChI is InChI=1S/C23H27N3O3S/c1-23(2,3)13-19(17-7-5-4-6-8-17)25-21(28)24-18-11-9-16(10-12-18)14-26-20(27)15-30-22(26)29/h4-12,19H,13-15H2,1-3H3,(H2,24,25,28). The Kier molecular flexibility index (Phi) is 6.82. The Hall–Kier alpha value is -2.80. The first-order chi connectivity index (χ1) is 14.2. The van der Waals surface area contributed by atoms with Gasteiger partial charge in [-0.15, -0.1) is 0 Å². The number of carbonyl (C=O) groups excluding carboxylic acids is 3. The van der Waals surface area contributed by atoms with E-state index in [1.54, 1.807) is 12.1 Å². The molecule has 0 bridgehead atoms. The van der Waals surface area contributed by atoms with Gasteiger partial charge < -0.3 is 10.6 Å². The van der Waals surface area contributed by atoms with Gasteiger partial charge in [0.1, 0.15) is 0 Å². The number of nitrogens with one attached hydrogen (secondary N) is 2. The molecule has 1 unspecified atom stereocenters. The fourth-order valence-corrected chi connectivity index (χ4v) is 4.01.